The second-order valence-corrected chi connectivity index (χ2v) is 8.37. The smallest absolute Gasteiger partial charge is 0.411 e. The molecule has 0 aliphatic carbocycles. The molecule has 2 amide bonds. The minimum Gasteiger partial charge on any atom is -0.465 e. The van der Waals surface area contributed by atoms with Crippen molar-refractivity contribution in [1.82, 2.24) is 0 Å². The van der Waals surface area contributed by atoms with Gasteiger partial charge in [-0.15, -0.1) is 0 Å². The van der Waals surface area contributed by atoms with Crippen LogP contribution in [0.25, 0.3) is 0 Å². The number of hydrogen-bond donors (Lipinski definition) is 5. The molecule has 2 aromatic carbocycles. The molecular formula is C16H19AsN2O7. The van der Waals surface area contributed by atoms with Gasteiger partial charge in [0.05, 0.1) is 0 Å². The van der Waals surface area contributed by atoms with Gasteiger partial charge in [-0.1, -0.05) is 18.2 Å². The van der Waals surface area contributed by atoms with Crippen LogP contribution in [0.3, 0.4) is 0 Å². The molecular weight excluding hydrogens is 407 g/mol. The van der Waals surface area contributed by atoms with Crippen LogP contribution >= 0.6 is 0 Å². The predicted molar refractivity (Wildman–Crippen MR) is 95.8 cm³/mol. The van der Waals surface area contributed by atoms with Gasteiger partial charge in [0.2, 0.25) is 0 Å². The molecule has 0 saturated heterocycles. The molecule has 0 aromatic heterocycles. The van der Waals surface area contributed by atoms with Gasteiger partial charge in [0.15, 0.2) is 0 Å². The molecule has 0 saturated carbocycles. The first-order chi connectivity index (χ1) is 12.0. The number of nitrogens with one attached hydrogen (secondary N) is 1. The molecule has 140 valence electrons. The number of phenolic OH excluding ortho intramolecular Hbond substituents is 1. The summed E-state index contributed by atoms with van der Waals surface area (Å²) in [5.41, 5.74) is 0.671. The number of para-hydroxylation sites is 2. The van der Waals surface area contributed by atoms with Crippen molar-refractivity contribution in [1.29, 1.82) is 0 Å². The molecule has 2 rings (SSSR count). The van der Waals surface area contributed by atoms with E-state index in [1.807, 2.05) is 6.07 Å². The Labute approximate surface area is 152 Å². The third-order valence-corrected chi connectivity index (χ3v) is 5.14. The van der Waals surface area contributed by atoms with E-state index in [9.17, 15) is 18.4 Å². The maximum Gasteiger partial charge on any atom is 0.411 e. The van der Waals surface area contributed by atoms with Crippen molar-refractivity contribution in [3.05, 3.63) is 48.5 Å². The van der Waals surface area contributed by atoms with Crippen molar-refractivity contribution in [2.24, 2.45) is 0 Å². The molecule has 0 heterocycles. The third-order valence-electron chi connectivity index (χ3n) is 3.07. The van der Waals surface area contributed by atoms with Gasteiger partial charge < -0.3 is 5.11 Å². The zero-order valence-corrected chi connectivity index (χ0v) is 15.9. The van der Waals surface area contributed by atoms with Gasteiger partial charge in [0.1, 0.15) is 0 Å². The van der Waals surface area contributed by atoms with E-state index < -0.39 is 36.3 Å². The maximum atomic E-state index is 11.0. The van der Waals surface area contributed by atoms with E-state index in [0.717, 1.165) is 6.07 Å². The Morgan fingerprint density at radius 2 is 1.62 bits per heavy atom. The largest absolute Gasteiger partial charge is 0.465 e. The van der Waals surface area contributed by atoms with Crippen LogP contribution in [0.2, 0.25) is 0 Å². The van der Waals surface area contributed by atoms with Crippen LogP contribution in [-0.2, 0) is 8.53 Å². The van der Waals surface area contributed by atoms with E-state index in [1.54, 1.807) is 24.3 Å². The normalized spacial score (nSPS) is 10.3. The molecule has 2 aromatic rings. The van der Waals surface area contributed by atoms with Crippen molar-refractivity contribution < 1.29 is 31.7 Å². The average Bonchev–Trinajstić information content (AvgIpc) is 2.56. The molecule has 9 nitrogen and oxygen atoms in total. The third kappa shape index (κ3) is 6.28. The Balaban J connectivity index is 0.000000273. The van der Waals surface area contributed by atoms with E-state index in [4.69, 9.17) is 13.3 Å². The summed E-state index contributed by atoms with van der Waals surface area (Å²) >= 11 is -5.15. The molecule has 0 atom stereocenters. The Bertz CT molecular complexity index is 821. The summed E-state index contributed by atoms with van der Waals surface area (Å²) in [6.07, 6.45) is -0.948. The summed E-state index contributed by atoms with van der Waals surface area (Å²) < 4.78 is 28.4. The average molecular weight is 426 g/mol. The van der Waals surface area contributed by atoms with Crippen molar-refractivity contribution >= 4 is 41.9 Å². The zero-order chi connectivity index (χ0) is 19.9. The molecule has 0 unspecified atom stereocenters. The van der Waals surface area contributed by atoms with Crippen LogP contribution in [0.15, 0.2) is 48.5 Å². The summed E-state index contributed by atoms with van der Waals surface area (Å²) in [6.45, 7) is 1.23. The van der Waals surface area contributed by atoms with E-state index in [1.165, 1.54) is 31.0 Å². The van der Waals surface area contributed by atoms with Crippen molar-refractivity contribution in [3.8, 4) is 5.75 Å². The molecule has 0 spiro atoms. The first-order valence-corrected chi connectivity index (χ1v) is 10.6. The number of carbonyl (C=O) groups is 2. The number of aromatic hydroxyl groups is 1. The van der Waals surface area contributed by atoms with E-state index in [2.05, 4.69) is 5.32 Å². The summed E-state index contributed by atoms with van der Waals surface area (Å²) in [5.74, 6) is -1.01. The van der Waals surface area contributed by atoms with Gasteiger partial charge in [0.25, 0.3) is 0 Å². The zero-order valence-electron chi connectivity index (χ0n) is 14.0. The van der Waals surface area contributed by atoms with Gasteiger partial charge in [-0.25, -0.2) is 4.79 Å². The van der Waals surface area contributed by atoms with E-state index >= 15 is 0 Å². The number of hydrogen-bond acceptors (Lipinski definition) is 4. The fourth-order valence-electron chi connectivity index (χ4n) is 1.82. The van der Waals surface area contributed by atoms with Crippen molar-refractivity contribution in [2.45, 2.75) is 6.92 Å². The second-order valence-electron chi connectivity index (χ2n) is 5.08. The van der Waals surface area contributed by atoms with Crippen LogP contribution in [0, 0.1) is 0 Å². The fourth-order valence-corrected chi connectivity index (χ4v) is 3.24. The van der Waals surface area contributed by atoms with Crippen LogP contribution < -0.4 is 14.6 Å². The topological polar surface area (TPSA) is 147 Å². The SMILES string of the molecule is CC(=O)Nc1cccc([As](=O)(O)O)c1O.CN(C(=O)O)c1ccccc1. The molecule has 10 heteroatoms. The Morgan fingerprint density at radius 1 is 1.04 bits per heavy atom. The van der Waals surface area contributed by atoms with Crippen molar-refractivity contribution in [3.63, 3.8) is 0 Å². The number of phenols is 1. The van der Waals surface area contributed by atoms with Crippen molar-refractivity contribution in [2.75, 3.05) is 17.3 Å². The van der Waals surface area contributed by atoms with Crippen LogP contribution in [0.5, 0.6) is 5.75 Å². The molecule has 26 heavy (non-hydrogen) atoms. The molecule has 0 aliphatic heterocycles. The summed E-state index contributed by atoms with van der Waals surface area (Å²) in [6, 6.07) is 12.8. The molecule has 5 N–H and O–H groups in total. The van der Waals surface area contributed by atoms with Gasteiger partial charge in [-0.3, -0.25) is 4.90 Å². The first kappa shape index (κ1) is 21.3. The van der Waals surface area contributed by atoms with Crippen LogP contribution in [0.1, 0.15) is 6.92 Å². The minimum absolute atomic E-state index is 0.00951. The summed E-state index contributed by atoms with van der Waals surface area (Å²) in [4.78, 5) is 22.3. The fraction of sp³-hybridized carbons (Fsp3) is 0.125. The second kappa shape index (κ2) is 9.09. The molecule has 0 radical (unpaired) electrons. The van der Waals surface area contributed by atoms with Crippen LogP contribution in [0.4, 0.5) is 16.2 Å². The number of anilines is 2. The summed E-state index contributed by atoms with van der Waals surface area (Å²) in [7, 11) is 1.51. The number of carboxylic acid groups (broad SMARTS) is 1. The number of nitrogens with zero attached hydrogens (tertiary/aromatic N) is 1. The molecule has 0 fully saturated rings. The number of rotatable bonds is 3. The molecule has 0 aliphatic rings. The molecule has 0 bridgehead atoms. The van der Waals surface area contributed by atoms with Gasteiger partial charge >= 0.3 is 94.2 Å². The number of amides is 2. The van der Waals surface area contributed by atoms with Crippen LogP contribution in [-0.4, -0.2) is 51.6 Å². The predicted octanol–water partition coefficient (Wildman–Crippen LogP) is 0.712. The van der Waals surface area contributed by atoms with Gasteiger partial charge in [-0.2, -0.15) is 0 Å². The number of carbonyl (C=O) groups excluding carboxylic acids is 1. The van der Waals surface area contributed by atoms with Gasteiger partial charge in [-0.05, 0) is 12.1 Å². The van der Waals surface area contributed by atoms with E-state index in [-0.39, 0.29) is 5.69 Å². The Hall–Kier alpha value is -2.74. The van der Waals surface area contributed by atoms with E-state index in [0.29, 0.717) is 5.69 Å². The standard InChI is InChI=1S/C8H10AsNO5.C8H9NO2/c1-5(11)10-7-4-2-3-6(8(7)12)9(13,14)15;1-9(8(10)11)7-5-3-2-4-6-7/h2-4,12H,1H3,(H,10,11)(H2,13,14,15);2-6H,1H3,(H,10,11). The Morgan fingerprint density at radius 3 is 2.08 bits per heavy atom. The van der Waals surface area contributed by atoms with Gasteiger partial charge in [0, 0.05) is 12.7 Å². The Kier molecular flexibility index (Phi) is 7.45. The maximum absolute atomic E-state index is 11.0. The monoisotopic (exact) mass is 426 g/mol. The minimum atomic E-state index is -5.15. The summed E-state index contributed by atoms with van der Waals surface area (Å²) in [5, 5.41) is 20.3. The first-order valence-electron chi connectivity index (χ1n) is 7.21. The quantitative estimate of drug-likeness (QED) is 0.359. The number of benzene rings is 2.